The Bertz CT molecular complexity index is 1130. The standard InChI is InChI=1S/C20H16O2.C14H19.2CH3.Ti/c21-19(22)20(16-10-4-1-5-11-16,17-12-6-2-7-13-17)18-14-8-3-9-15-18;1-10-11-6-2-4-8-13(11)14-9-5-3-7-12(10)14;;;/h1-15H,(H,21,22);6,10H,2-5,7-9H2,1H3;2*1H3;/q;3*-1;+3. The summed E-state index contributed by atoms with van der Waals surface area (Å²) in [6.45, 7) is 2.42. The molecule has 2 nitrogen and oxygen atoms in total. The summed E-state index contributed by atoms with van der Waals surface area (Å²) in [7, 11) is 0. The monoisotopic (exact) mass is 553 g/mol. The fourth-order valence-electron chi connectivity index (χ4n) is 6.44. The molecular weight excluding hydrogens is 512 g/mol. The Hall–Kier alpha value is -2.81. The first-order chi connectivity index (χ1) is 17.6. The summed E-state index contributed by atoms with van der Waals surface area (Å²) in [6, 6.07) is 28.1. The van der Waals surface area contributed by atoms with Gasteiger partial charge in [-0.25, -0.2) is 12.0 Å². The zero-order chi connectivity index (χ0) is 25.0. The van der Waals surface area contributed by atoms with E-state index in [1.54, 1.807) is 22.3 Å². The van der Waals surface area contributed by atoms with Crippen molar-refractivity contribution in [2.45, 2.75) is 57.3 Å². The van der Waals surface area contributed by atoms with Gasteiger partial charge in [0.15, 0.2) is 0 Å². The number of hydrogen-bond donors (Lipinski definition) is 1. The Balaban J connectivity index is 0.000000274. The maximum atomic E-state index is 12.4. The van der Waals surface area contributed by atoms with Crippen LogP contribution in [0.4, 0.5) is 0 Å². The molecule has 0 amide bonds. The molecule has 0 spiro atoms. The summed E-state index contributed by atoms with van der Waals surface area (Å²) in [6.07, 6.45) is 12.2. The van der Waals surface area contributed by atoms with Crippen molar-refractivity contribution in [3.05, 3.63) is 151 Å². The molecule has 0 fully saturated rings. The van der Waals surface area contributed by atoms with E-state index in [1.807, 2.05) is 91.0 Å². The molecule has 0 saturated carbocycles. The van der Waals surface area contributed by atoms with E-state index in [4.69, 9.17) is 0 Å². The minimum absolute atomic E-state index is 0. The zero-order valence-corrected chi connectivity index (χ0v) is 25.2. The third kappa shape index (κ3) is 6.18. The Morgan fingerprint density at radius 3 is 1.62 bits per heavy atom. The normalized spacial score (nSPS) is 17.5. The predicted octanol–water partition coefficient (Wildman–Crippen LogP) is 9.20. The van der Waals surface area contributed by atoms with Gasteiger partial charge >= 0.3 is 27.7 Å². The second-order valence-corrected chi connectivity index (χ2v) is 10.1. The predicted molar refractivity (Wildman–Crippen MR) is 160 cm³/mol. The number of carboxylic acids is 1. The third-order valence-electron chi connectivity index (χ3n) is 8.15. The largest absolute Gasteiger partial charge is 3.00 e. The maximum Gasteiger partial charge on any atom is 3.00 e. The Morgan fingerprint density at radius 2 is 1.15 bits per heavy atom. The molecule has 1 N–H and O–H groups in total. The molecular formula is C36H41O2Ti. The van der Waals surface area contributed by atoms with Crippen molar-refractivity contribution in [1.82, 2.24) is 0 Å². The van der Waals surface area contributed by atoms with Crippen molar-refractivity contribution in [1.29, 1.82) is 0 Å². The molecule has 1 unspecified atom stereocenters. The van der Waals surface area contributed by atoms with Crippen LogP contribution in [0.5, 0.6) is 0 Å². The first-order valence-corrected chi connectivity index (χ1v) is 13.3. The van der Waals surface area contributed by atoms with Crippen LogP contribution in [0.2, 0.25) is 0 Å². The molecule has 3 aromatic carbocycles. The topological polar surface area (TPSA) is 37.3 Å². The van der Waals surface area contributed by atoms with Crippen LogP contribution >= 0.6 is 0 Å². The second-order valence-electron chi connectivity index (χ2n) is 10.1. The van der Waals surface area contributed by atoms with Crippen molar-refractivity contribution >= 4 is 5.97 Å². The van der Waals surface area contributed by atoms with E-state index in [1.165, 1.54) is 44.9 Å². The minimum Gasteiger partial charge on any atom is -0.480 e. The molecule has 201 valence electrons. The summed E-state index contributed by atoms with van der Waals surface area (Å²) in [5.74, 6) is -0.100. The fourth-order valence-corrected chi connectivity index (χ4v) is 6.44. The van der Waals surface area contributed by atoms with E-state index in [0.29, 0.717) is 0 Å². The molecule has 1 atom stereocenters. The number of allylic oxidation sites excluding steroid dienone is 4. The molecule has 39 heavy (non-hydrogen) atoms. The number of carboxylic acid groups (broad SMARTS) is 1. The van der Waals surface area contributed by atoms with Crippen LogP contribution in [-0.2, 0) is 31.9 Å². The number of carbonyl (C=O) groups is 1. The molecule has 0 saturated heterocycles. The average Bonchev–Trinajstić information content (AvgIpc) is 3.23. The molecule has 6 rings (SSSR count). The van der Waals surface area contributed by atoms with Gasteiger partial charge in [-0.15, -0.1) is 12.0 Å². The second kappa shape index (κ2) is 14.5. The minimum atomic E-state index is -1.20. The van der Waals surface area contributed by atoms with Crippen LogP contribution in [-0.4, -0.2) is 11.1 Å². The first kappa shape index (κ1) is 32.4. The van der Waals surface area contributed by atoms with E-state index < -0.39 is 11.4 Å². The molecule has 0 heterocycles. The summed E-state index contributed by atoms with van der Waals surface area (Å²) in [4.78, 5) is 12.4. The Labute approximate surface area is 251 Å². The Kier molecular flexibility index (Phi) is 12.1. The average molecular weight is 554 g/mol. The van der Waals surface area contributed by atoms with E-state index in [9.17, 15) is 9.90 Å². The van der Waals surface area contributed by atoms with Gasteiger partial charge in [0.25, 0.3) is 0 Å². The third-order valence-corrected chi connectivity index (χ3v) is 8.15. The van der Waals surface area contributed by atoms with Crippen LogP contribution in [0.1, 0.15) is 68.6 Å². The van der Waals surface area contributed by atoms with Crippen LogP contribution in [0.3, 0.4) is 0 Å². The van der Waals surface area contributed by atoms with Gasteiger partial charge < -0.3 is 20.0 Å². The van der Waals surface area contributed by atoms with Crippen LogP contribution < -0.4 is 0 Å². The summed E-state index contributed by atoms with van der Waals surface area (Å²) < 4.78 is 0. The van der Waals surface area contributed by atoms with E-state index in [2.05, 4.69) is 13.3 Å². The number of aliphatic carboxylic acids is 1. The van der Waals surface area contributed by atoms with Crippen molar-refractivity contribution in [2.75, 3.05) is 0 Å². The van der Waals surface area contributed by atoms with Crippen molar-refractivity contribution in [3.8, 4) is 0 Å². The molecule has 3 heteroatoms. The van der Waals surface area contributed by atoms with Gasteiger partial charge in [-0.1, -0.05) is 123 Å². The van der Waals surface area contributed by atoms with Crippen molar-refractivity contribution in [3.63, 3.8) is 0 Å². The van der Waals surface area contributed by atoms with E-state index in [0.717, 1.165) is 22.6 Å². The zero-order valence-electron chi connectivity index (χ0n) is 23.6. The maximum absolute atomic E-state index is 12.4. The van der Waals surface area contributed by atoms with Crippen LogP contribution in [0, 0.1) is 27.2 Å². The van der Waals surface area contributed by atoms with Gasteiger partial charge in [-0.05, 0) is 41.9 Å². The molecule has 0 aliphatic heterocycles. The van der Waals surface area contributed by atoms with Crippen molar-refractivity contribution < 1.29 is 31.6 Å². The molecule has 1 radical (unpaired) electrons. The summed E-state index contributed by atoms with van der Waals surface area (Å²) in [5, 5.41) is 10.2. The molecule has 3 aromatic rings. The quantitative estimate of drug-likeness (QED) is 0.199. The summed E-state index contributed by atoms with van der Waals surface area (Å²) in [5.41, 5.74) is 8.11. The molecule has 0 aromatic heterocycles. The van der Waals surface area contributed by atoms with Crippen LogP contribution in [0.25, 0.3) is 0 Å². The van der Waals surface area contributed by atoms with Gasteiger partial charge in [-0.2, -0.15) is 5.57 Å². The first-order valence-electron chi connectivity index (χ1n) is 13.3. The van der Waals surface area contributed by atoms with Gasteiger partial charge in [0.1, 0.15) is 5.41 Å². The molecule has 3 aliphatic rings. The van der Waals surface area contributed by atoms with Gasteiger partial charge in [0.2, 0.25) is 0 Å². The molecule has 3 aliphatic carbocycles. The number of fused-ring (bicyclic) bond motifs is 1. The van der Waals surface area contributed by atoms with E-state index in [-0.39, 0.29) is 36.6 Å². The number of hydrogen-bond acceptors (Lipinski definition) is 1. The van der Waals surface area contributed by atoms with E-state index >= 15 is 0 Å². The van der Waals surface area contributed by atoms with Gasteiger partial charge in [-0.3, -0.25) is 4.79 Å². The molecule has 0 bridgehead atoms. The van der Waals surface area contributed by atoms with Crippen LogP contribution in [0.15, 0.2) is 113 Å². The SMILES string of the molecule is CC1C2=C(CCC[CH-]2)C2=C1CCCC2.O=C(O)C(c1ccccc1)(c1ccccc1)c1ccccc1.[CH3-].[CH3-].[Ti+3]. The number of rotatable bonds is 4. The number of benzene rings is 3. The van der Waals surface area contributed by atoms with Gasteiger partial charge in [0.05, 0.1) is 0 Å². The van der Waals surface area contributed by atoms with Gasteiger partial charge in [0, 0.05) is 0 Å². The van der Waals surface area contributed by atoms with Crippen molar-refractivity contribution in [2.24, 2.45) is 5.92 Å². The Morgan fingerprint density at radius 1 is 0.718 bits per heavy atom. The fraction of sp³-hybridized carbons (Fsp3) is 0.278. The summed E-state index contributed by atoms with van der Waals surface area (Å²) >= 11 is 0. The smallest absolute Gasteiger partial charge is 0.480 e.